The minimum atomic E-state index is -3.73. The van der Waals surface area contributed by atoms with Crippen molar-refractivity contribution in [1.82, 2.24) is 4.31 Å². The van der Waals surface area contributed by atoms with Crippen LogP contribution in [0.15, 0.2) is 40.4 Å². The molecule has 0 aromatic heterocycles. The van der Waals surface area contributed by atoms with Gasteiger partial charge >= 0.3 is 16.2 Å². The highest BCUT2D eigenvalue weighted by molar-refractivity contribution is 7.88. The summed E-state index contributed by atoms with van der Waals surface area (Å²) in [4.78, 5) is 12.0. The molecule has 0 N–H and O–H groups in total. The lowest BCUT2D eigenvalue weighted by atomic mass is 10.2. The molecule has 1 aliphatic rings. The second kappa shape index (κ2) is 5.87. The van der Waals surface area contributed by atoms with E-state index in [2.05, 4.69) is 4.40 Å². The smallest absolute Gasteiger partial charge is 0.344 e. The van der Waals surface area contributed by atoms with Crippen LogP contribution in [-0.4, -0.2) is 31.5 Å². The molecule has 0 spiro atoms. The molecule has 0 saturated carbocycles. The molecule has 6 nitrogen and oxygen atoms in total. The Balaban J connectivity index is 2.12. The van der Waals surface area contributed by atoms with Gasteiger partial charge in [0.25, 0.3) is 0 Å². The van der Waals surface area contributed by atoms with Gasteiger partial charge in [-0.15, -0.1) is 4.40 Å². The van der Waals surface area contributed by atoms with Crippen molar-refractivity contribution in [2.45, 2.75) is 13.5 Å². The molecule has 0 bridgehead atoms. The number of halogens is 1. The Morgan fingerprint density at radius 2 is 2.05 bits per heavy atom. The van der Waals surface area contributed by atoms with Crippen molar-refractivity contribution < 1.29 is 17.9 Å². The number of ether oxygens (including phenoxy) is 1. The van der Waals surface area contributed by atoms with E-state index in [1.165, 1.54) is 20.2 Å². The molecular formula is C13H13ClN2O4S. The van der Waals surface area contributed by atoms with E-state index in [0.29, 0.717) is 10.6 Å². The molecule has 21 heavy (non-hydrogen) atoms. The van der Waals surface area contributed by atoms with E-state index in [9.17, 15) is 13.2 Å². The number of benzene rings is 1. The predicted molar refractivity (Wildman–Crippen MR) is 79.1 cm³/mol. The van der Waals surface area contributed by atoms with Gasteiger partial charge in [-0.25, -0.2) is 4.79 Å². The summed E-state index contributed by atoms with van der Waals surface area (Å²) in [5.41, 5.74) is 0.858. The van der Waals surface area contributed by atoms with E-state index < -0.39 is 16.2 Å². The number of esters is 1. The van der Waals surface area contributed by atoms with E-state index in [1.54, 1.807) is 24.3 Å². The van der Waals surface area contributed by atoms with Crippen LogP contribution in [0.2, 0.25) is 5.02 Å². The summed E-state index contributed by atoms with van der Waals surface area (Å²) in [5, 5.41) is 0.494. The molecule has 0 unspecified atom stereocenters. The molecule has 0 fully saturated rings. The van der Waals surface area contributed by atoms with Crippen LogP contribution in [0.3, 0.4) is 0 Å². The van der Waals surface area contributed by atoms with Crippen molar-refractivity contribution in [3.63, 3.8) is 0 Å². The molecule has 112 valence electrons. The van der Waals surface area contributed by atoms with Crippen LogP contribution in [0.5, 0.6) is 0 Å². The summed E-state index contributed by atoms with van der Waals surface area (Å²) >= 11 is 5.97. The monoisotopic (exact) mass is 328 g/mol. The highest BCUT2D eigenvalue weighted by Crippen LogP contribution is 2.18. The van der Waals surface area contributed by atoms with Crippen molar-refractivity contribution in [2.75, 3.05) is 7.05 Å². The van der Waals surface area contributed by atoms with E-state index in [4.69, 9.17) is 16.3 Å². The number of carbonyl (C=O) groups is 1. The van der Waals surface area contributed by atoms with Crippen LogP contribution in [0.4, 0.5) is 0 Å². The summed E-state index contributed by atoms with van der Waals surface area (Å²) in [6, 6.07) is 6.98. The Kier molecular flexibility index (Phi) is 4.34. The molecule has 1 aromatic carbocycles. The van der Waals surface area contributed by atoms with Crippen molar-refractivity contribution >= 4 is 33.5 Å². The summed E-state index contributed by atoms with van der Waals surface area (Å²) in [6.45, 7) is 1.44. The topological polar surface area (TPSA) is 76.0 Å². The van der Waals surface area contributed by atoms with Crippen LogP contribution in [0.25, 0.3) is 0 Å². The van der Waals surface area contributed by atoms with Gasteiger partial charge in [0, 0.05) is 23.8 Å². The third-order valence-corrected chi connectivity index (χ3v) is 4.56. The molecule has 0 aliphatic carbocycles. The minimum Gasteiger partial charge on any atom is -0.457 e. The molecule has 0 atom stereocenters. The fourth-order valence-electron chi connectivity index (χ4n) is 1.67. The van der Waals surface area contributed by atoms with Gasteiger partial charge in [-0.05, 0) is 13.0 Å². The third kappa shape index (κ3) is 3.43. The molecule has 1 aliphatic heterocycles. The fourth-order valence-corrected chi connectivity index (χ4v) is 2.67. The van der Waals surface area contributed by atoms with Gasteiger partial charge in [-0.3, -0.25) is 4.31 Å². The van der Waals surface area contributed by atoms with Crippen LogP contribution in [0, 0.1) is 0 Å². The summed E-state index contributed by atoms with van der Waals surface area (Å²) in [5.74, 6) is -0.655. The van der Waals surface area contributed by atoms with Crippen molar-refractivity contribution in [3.8, 4) is 0 Å². The van der Waals surface area contributed by atoms with Gasteiger partial charge in [0.05, 0.1) is 11.3 Å². The summed E-state index contributed by atoms with van der Waals surface area (Å²) in [7, 11) is -2.44. The molecule has 1 aromatic rings. The summed E-state index contributed by atoms with van der Waals surface area (Å²) in [6.07, 6.45) is 1.19. The van der Waals surface area contributed by atoms with E-state index >= 15 is 0 Å². The van der Waals surface area contributed by atoms with E-state index in [0.717, 1.165) is 4.31 Å². The lowest BCUT2D eigenvalue weighted by Gasteiger charge is -2.19. The SMILES string of the molecule is CC1=NS(=O)(=O)N(C)C=C1C(=O)OCc1ccccc1Cl. The quantitative estimate of drug-likeness (QED) is 0.794. The van der Waals surface area contributed by atoms with Gasteiger partial charge in [-0.2, -0.15) is 8.42 Å². The van der Waals surface area contributed by atoms with Crippen LogP contribution in [0.1, 0.15) is 12.5 Å². The standard InChI is InChI=1S/C13H13ClN2O4S/c1-9-11(7-16(2)21(18,19)15-9)13(17)20-8-10-5-3-4-6-12(10)14/h3-7H,8H2,1-2H3. The minimum absolute atomic E-state index is 0.000406. The second-order valence-electron chi connectivity index (χ2n) is 4.38. The lowest BCUT2D eigenvalue weighted by Crippen LogP contribution is -2.29. The first-order valence-corrected chi connectivity index (χ1v) is 7.76. The number of rotatable bonds is 3. The van der Waals surface area contributed by atoms with Crippen molar-refractivity contribution in [2.24, 2.45) is 4.40 Å². The van der Waals surface area contributed by atoms with Crippen molar-refractivity contribution in [3.05, 3.63) is 46.6 Å². The largest absolute Gasteiger partial charge is 0.457 e. The normalized spacial score (nSPS) is 17.0. The van der Waals surface area contributed by atoms with Crippen LogP contribution < -0.4 is 0 Å². The molecule has 0 amide bonds. The van der Waals surface area contributed by atoms with E-state index in [-0.39, 0.29) is 17.9 Å². The Morgan fingerprint density at radius 1 is 1.38 bits per heavy atom. The molecule has 2 rings (SSSR count). The van der Waals surface area contributed by atoms with Gasteiger partial charge < -0.3 is 4.74 Å². The zero-order valence-electron chi connectivity index (χ0n) is 11.4. The van der Waals surface area contributed by atoms with Gasteiger partial charge in [-0.1, -0.05) is 29.8 Å². The van der Waals surface area contributed by atoms with Gasteiger partial charge in [0.15, 0.2) is 0 Å². The predicted octanol–water partition coefficient (Wildman–Crippen LogP) is 1.92. The highest BCUT2D eigenvalue weighted by Gasteiger charge is 2.26. The molecular weight excluding hydrogens is 316 g/mol. The van der Waals surface area contributed by atoms with Crippen LogP contribution >= 0.6 is 11.6 Å². The maximum atomic E-state index is 12.0. The zero-order chi connectivity index (χ0) is 15.6. The molecule has 0 saturated heterocycles. The van der Waals surface area contributed by atoms with Gasteiger partial charge in [0.2, 0.25) is 0 Å². The van der Waals surface area contributed by atoms with E-state index in [1.807, 2.05) is 0 Å². The first-order valence-electron chi connectivity index (χ1n) is 5.98. The first-order chi connectivity index (χ1) is 9.81. The average Bonchev–Trinajstić information content (AvgIpc) is 2.41. The number of nitrogens with zero attached hydrogens (tertiary/aromatic N) is 2. The molecule has 8 heteroatoms. The molecule has 0 radical (unpaired) electrons. The second-order valence-corrected chi connectivity index (χ2v) is 6.44. The maximum Gasteiger partial charge on any atom is 0.344 e. The Labute approximate surface area is 127 Å². The number of hydrogen-bond acceptors (Lipinski definition) is 4. The number of carbonyl (C=O) groups excluding carboxylic acids is 1. The lowest BCUT2D eigenvalue weighted by molar-refractivity contribution is -0.139. The average molecular weight is 329 g/mol. The third-order valence-electron chi connectivity index (χ3n) is 2.85. The Morgan fingerprint density at radius 3 is 2.71 bits per heavy atom. The maximum absolute atomic E-state index is 12.0. The zero-order valence-corrected chi connectivity index (χ0v) is 13.0. The molecule has 1 heterocycles. The Bertz CT molecular complexity index is 740. The summed E-state index contributed by atoms with van der Waals surface area (Å²) < 4.78 is 32.5. The van der Waals surface area contributed by atoms with Gasteiger partial charge in [0.1, 0.15) is 6.61 Å². The fraction of sp³-hybridized carbons (Fsp3) is 0.231. The number of hydrogen-bond donors (Lipinski definition) is 0. The Hall–Kier alpha value is -1.86. The van der Waals surface area contributed by atoms with Crippen LogP contribution in [-0.2, 0) is 26.3 Å². The van der Waals surface area contributed by atoms with Crippen molar-refractivity contribution in [1.29, 1.82) is 0 Å². The first kappa shape index (κ1) is 15.5. The highest BCUT2D eigenvalue weighted by atomic mass is 35.5.